The van der Waals surface area contributed by atoms with Gasteiger partial charge in [-0.2, -0.15) is 10.2 Å². The maximum absolute atomic E-state index is 12.2. The second-order valence-corrected chi connectivity index (χ2v) is 6.98. The van der Waals surface area contributed by atoms with Crippen molar-refractivity contribution >= 4 is 39.1 Å². The molecule has 3 aromatic rings. The molecule has 0 amide bonds. The molecule has 0 aliphatic carbocycles. The molecule has 2 aromatic heterocycles. The van der Waals surface area contributed by atoms with Gasteiger partial charge in [-0.15, -0.1) is 0 Å². The first-order valence-corrected chi connectivity index (χ1v) is 9.18. The van der Waals surface area contributed by atoms with Gasteiger partial charge in [0.25, 0.3) is 0 Å². The Kier molecular flexibility index (Phi) is 8.59. The SMILES string of the molecule is C.C.CC[C@H](Oc1cc2sc(=O)n(CCC(=O)O)c2cc1Cl)c1cccnn1. The Hall–Kier alpha value is -2.45. The van der Waals surface area contributed by atoms with Gasteiger partial charge < -0.3 is 9.84 Å². The number of carboxylic acid groups (broad SMARTS) is 1. The van der Waals surface area contributed by atoms with E-state index in [1.807, 2.05) is 13.0 Å². The predicted octanol–water partition coefficient (Wildman–Crippen LogP) is 4.78. The lowest BCUT2D eigenvalue weighted by Gasteiger charge is -2.17. The van der Waals surface area contributed by atoms with E-state index < -0.39 is 5.97 Å². The number of aromatic nitrogens is 3. The lowest BCUT2D eigenvalue weighted by molar-refractivity contribution is -0.137. The molecule has 0 bridgehead atoms. The van der Waals surface area contributed by atoms with Gasteiger partial charge in [-0.1, -0.05) is 44.7 Å². The first-order valence-electron chi connectivity index (χ1n) is 7.98. The van der Waals surface area contributed by atoms with Crippen molar-refractivity contribution < 1.29 is 14.6 Å². The molecule has 152 valence electrons. The number of thiazole rings is 1. The first kappa shape index (κ1) is 23.6. The summed E-state index contributed by atoms with van der Waals surface area (Å²) >= 11 is 7.38. The summed E-state index contributed by atoms with van der Waals surface area (Å²) in [6.07, 6.45) is 1.81. The molecule has 1 atom stereocenters. The third kappa shape index (κ3) is 5.08. The number of nitrogens with zero attached hydrogens (tertiary/aromatic N) is 3. The van der Waals surface area contributed by atoms with Gasteiger partial charge in [0, 0.05) is 18.8 Å². The zero-order valence-electron chi connectivity index (χ0n) is 13.9. The van der Waals surface area contributed by atoms with Crippen molar-refractivity contribution in [2.75, 3.05) is 0 Å². The monoisotopic (exact) mass is 425 g/mol. The fourth-order valence-corrected chi connectivity index (χ4v) is 3.70. The van der Waals surface area contributed by atoms with Crippen LogP contribution in [0.4, 0.5) is 0 Å². The maximum atomic E-state index is 12.2. The third-order valence-corrected chi connectivity index (χ3v) is 5.07. The second kappa shape index (κ2) is 10.2. The van der Waals surface area contributed by atoms with Crippen molar-refractivity contribution in [3.8, 4) is 5.75 Å². The van der Waals surface area contributed by atoms with Crippen LogP contribution in [-0.2, 0) is 11.3 Å². The van der Waals surface area contributed by atoms with Crippen molar-refractivity contribution in [1.29, 1.82) is 0 Å². The molecule has 1 N–H and O–H groups in total. The lowest BCUT2D eigenvalue weighted by atomic mass is 10.2. The van der Waals surface area contributed by atoms with Crippen LogP contribution >= 0.6 is 22.9 Å². The summed E-state index contributed by atoms with van der Waals surface area (Å²) in [4.78, 5) is 22.7. The minimum atomic E-state index is -0.961. The van der Waals surface area contributed by atoms with Gasteiger partial charge in [0.1, 0.15) is 17.5 Å². The molecule has 3 rings (SSSR count). The molecular formula is C19H24ClN3O4S. The van der Waals surface area contributed by atoms with Gasteiger partial charge in [0.05, 0.1) is 21.7 Å². The van der Waals surface area contributed by atoms with E-state index in [2.05, 4.69) is 10.2 Å². The summed E-state index contributed by atoms with van der Waals surface area (Å²) in [6.45, 7) is 2.06. The van der Waals surface area contributed by atoms with Crippen molar-refractivity contribution in [2.24, 2.45) is 0 Å². The van der Waals surface area contributed by atoms with E-state index in [1.54, 1.807) is 24.4 Å². The van der Waals surface area contributed by atoms with E-state index in [9.17, 15) is 9.59 Å². The largest absolute Gasteiger partial charge is 0.482 e. The van der Waals surface area contributed by atoms with Crippen LogP contribution in [0.3, 0.4) is 0 Å². The second-order valence-electron chi connectivity index (χ2n) is 5.58. The molecule has 7 nitrogen and oxygen atoms in total. The van der Waals surface area contributed by atoms with Crippen LogP contribution in [0.1, 0.15) is 46.4 Å². The number of aliphatic carboxylic acids is 1. The van der Waals surface area contributed by atoms with Crippen LogP contribution in [-0.4, -0.2) is 25.8 Å². The summed E-state index contributed by atoms with van der Waals surface area (Å²) in [7, 11) is 0. The molecule has 0 spiro atoms. The van der Waals surface area contributed by atoms with Crippen molar-refractivity contribution in [3.63, 3.8) is 0 Å². The standard InChI is InChI=1S/C17H16ClN3O4S.2CH4/c1-2-13(11-4-3-6-19-20-11)25-14-9-15-12(8-10(14)18)21(17(24)26-15)7-5-16(22)23;;/h3-4,6,8-9,13H,2,5,7H2,1H3,(H,22,23);2*1H4/t13-;;/m0../s1. The highest BCUT2D eigenvalue weighted by atomic mass is 35.5. The molecular weight excluding hydrogens is 402 g/mol. The van der Waals surface area contributed by atoms with Crippen LogP contribution in [0.15, 0.2) is 35.3 Å². The molecule has 0 aliphatic rings. The Labute approximate surface area is 172 Å². The van der Waals surface area contributed by atoms with Gasteiger partial charge in [0.15, 0.2) is 0 Å². The van der Waals surface area contributed by atoms with E-state index in [1.165, 1.54) is 4.57 Å². The number of fused-ring (bicyclic) bond motifs is 1. The van der Waals surface area contributed by atoms with Gasteiger partial charge in [-0.3, -0.25) is 14.2 Å². The van der Waals surface area contributed by atoms with E-state index >= 15 is 0 Å². The van der Waals surface area contributed by atoms with Crippen LogP contribution in [0, 0.1) is 0 Å². The first-order chi connectivity index (χ1) is 12.5. The molecule has 0 saturated heterocycles. The van der Waals surface area contributed by atoms with Crippen LogP contribution in [0.25, 0.3) is 10.2 Å². The average Bonchev–Trinajstić information content (AvgIpc) is 2.92. The highest BCUT2D eigenvalue weighted by Crippen LogP contribution is 2.34. The van der Waals surface area contributed by atoms with Crippen LogP contribution in [0.5, 0.6) is 5.75 Å². The Morgan fingerprint density at radius 1 is 1.39 bits per heavy atom. The number of hydrogen-bond acceptors (Lipinski definition) is 6. The summed E-state index contributed by atoms with van der Waals surface area (Å²) in [5, 5.41) is 17.1. The summed E-state index contributed by atoms with van der Waals surface area (Å²) < 4.78 is 8.11. The number of ether oxygens (including phenoxy) is 1. The molecule has 0 aliphatic heterocycles. The fourth-order valence-electron chi connectivity index (χ4n) is 2.57. The maximum Gasteiger partial charge on any atom is 0.308 e. The molecule has 2 heterocycles. The number of aryl methyl sites for hydroxylation is 1. The minimum absolute atomic E-state index is 0. The van der Waals surface area contributed by atoms with Crippen LogP contribution < -0.4 is 9.61 Å². The van der Waals surface area contributed by atoms with Gasteiger partial charge in [0.2, 0.25) is 0 Å². The smallest absolute Gasteiger partial charge is 0.308 e. The van der Waals surface area contributed by atoms with Crippen molar-refractivity contribution in [1.82, 2.24) is 14.8 Å². The van der Waals surface area contributed by atoms with E-state index in [0.29, 0.717) is 33.1 Å². The van der Waals surface area contributed by atoms with Crippen molar-refractivity contribution in [3.05, 3.63) is 50.8 Å². The normalized spacial score (nSPS) is 11.4. The molecule has 1 aromatic carbocycles. The number of carbonyl (C=O) groups is 1. The van der Waals surface area contributed by atoms with Crippen LogP contribution in [0.2, 0.25) is 5.02 Å². The molecule has 0 saturated carbocycles. The average molecular weight is 426 g/mol. The molecule has 9 heteroatoms. The number of carboxylic acids is 1. The highest BCUT2D eigenvalue weighted by Gasteiger charge is 2.18. The van der Waals surface area contributed by atoms with E-state index in [4.69, 9.17) is 21.4 Å². The highest BCUT2D eigenvalue weighted by molar-refractivity contribution is 7.16. The number of rotatable bonds is 7. The molecule has 0 unspecified atom stereocenters. The minimum Gasteiger partial charge on any atom is -0.482 e. The predicted molar refractivity (Wildman–Crippen MR) is 113 cm³/mol. The van der Waals surface area contributed by atoms with Crippen molar-refractivity contribution in [2.45, 2.75) is 47.3 Å². The summed E-state index contributed by atoms with van der Waals surface area (Å²) in [5.74, 6) is -0.514. The van der Waals surface area contributed by atoms with Gasteiger partial charge >= 0.3 is 10.8 Å². The van der Waals surface area contributed by atoms with E-state index in [-0.39, 0.29) is 38.8 Å². The Morgan fingerprint density at radius 2 is 2.14 bits per heavy atom. The molecule has 28 heavy (non-hydrogen) atoms. The Bertz CT molecular complexity index is 988. The zero-order chi connectivity index (χ0) is 18.7. The third-order valence-electron chi connectivity index (χ3n) is 3.83. The summed E-state index contributed by atoms with van der Waals surface area (Å²) in [6, 6.07) is 6.96. The summed E-state index contributed by atoms with van der Waals surface area (Å²) in [5.41, 5.74) is 1.30. The number of benzene rings is 1. The number of halogens is 1. The zero-order valence-corrected chi connectivity index (χ0v) is 15.5. The van der Waals surface area contributed by atoms with Gasteiger partial charge in [-0.05, 0) is 24.6 Å². The Balaban J connectivity index is 0.00000196. The van der Waals surface area contributed by atoms with Gasteiger partial charge in [-0.25, -0.2) is 0 Å². The topological polar surface area (TPSA) is 94.3 Å². The molecule has 0 fully saturated rings. The number of hydrogen-bond donors (Lipinski definition) is 1. The fraction of sp³-hybridized carbons (Fsp3) is 0.368. The Morgan fingerprint density at radius 3 is 2.75 bits per heavy atom. The lowest BCUT2D eigenvalue weighted by Crippen LogP contribution is -2.15. The quantitative estimate of drug-likeness (QED) is 0.585. The molecule has 0 radical (unpaired) electrons. The van der Waals surface area contributed by atoms with E-state index in [0.717, 1.165) is 11.3 Å².